The number of ether oxygens (including phenoxy) is 1. The maximum absolute atomic E-state index is 5.52. The molecule has 102 valence electrons. The van der Waals surface area contributed by atoms with Crippen LogP contribution in [0, 0.1) is 24.2 Å². The van der Waals surface area contributed by atoms with Crippen LogP contribution >= 0.6 is 0 Å². The molecule has 0 aromatic carbocycles. The zero-order valence-corrected chi connectivity index (χ0v) is 11.3. The Morgan fingerprint density at radius 2 is 2.05 bits per heavy atom. The summed E-state index contributed by atoms with van der Waals surface area (Å²) in [6, 6.07) is 0. The molecule has 2 atom stereocenters. The van der Waals surface area contributed by atoms with Crippen molar-refractivity contribution in [3.63, 3.8) is 0 Å². The summed E-state index contributed by atoms with van der Waals surface area (Å²) in [5, 5.41) is 5.23. The third-order valence-corrected chi connectivity index (χ3v) is 4.24. The van der Waals surface area contributed by atoms with Gasteiger partial charge in [0.1, 0.15) is 5.82 Å². The van der Waals surface area contributed by atoms with E-state index >= 15 is 0 Å². The maximum Gasteiger partial charge on any atom is 0.208 e. The molecule has 0 aliphatic carbocycles. The van der Waals surface area contributed by atoms with Gasteiger partial charge in [-0.3, -0.25) is 4.68 Å². The van der Waals surface area contributed by atoms with Crippen LogP contribution in [0.3, 0.4) is 0 Å². The highest BCUT2D eigenvalue weighted by molar-refractivity contribution is 5.87. The molecule has 0 unspecified atom stereocenters. The fraction of sp³-hybridized carbons (Fsp3) is 0.500. The topological polar surface area (TPSA) is 56.1 Å². The minimum absolute atomic E-state index is 0.421. The van der Waals surface area contributed by atoms with Crippen molar-refractivity contribution in [3.05, 3.63) is 12.0 Å². The highest BCUT2D eigenvalue weighted by Crippen LogP contribution is 2.34. The summed E-state index contributed by atoms with van der Waals surface area (Å²) >= 11 is 0. The van der Waals surface area contributed by atoms with Crippen LogP contribution in [0.5, 0.6) is 0 Å². The van der Waals surface area contributed by atoms with Crippen molar-refractivity contribution in [2.24, 2.45) is 18.9 Å². The molecule has 2 aliphatic heterocycles. The third kappa shape index (κ3) is 1.60. The lowest BCUT2D eigenvalue weighted by atomic mass is 10.0. The summed E-state index contributed by atoms with van der Waals surface area (Å²) in [6.45, 7) is 3.64. The molecule has 0 radical (unpaired) electrons. The van der Waals surface area contributed by atoms with Crippen LogP contribution in [-0.4, -0.2) is 46.1 Å². The number of rotatable bonds is 1. The molecule has 0 amide bonds. The molecule has 0 N–H and O–H groups in total. The summed E-state index contributed by atoms with van der Waals surface area (Å²) in [4.78, 5) is 11.2. The van der Waals surface area contributed by atoms with Gasteiger partial charge in [0.05, 0.1) is 24.8 Å². The number of fused-ring (bicyclic) bond motifs is 2. The lowest BCUT2D eigenvalue weighted by Crippen LogP contribution is -2.24. The molecule has 6 nitrogen and oxygen atoms in total. The van der Waals surface area contributed by atoms with Gasteiger partial charge in [-0.05, 0) is 5.92 Å². The molecule has 0 saturated carbocycles. The zero-order chi connectivity index (χ0) is 13.7. The molecule has 2 saturated heterocycles. The van der Waals surface area contributed by atoms with E-state index in [0.717, 1.165) is 43.2 Å². The molecule has 20 heavy (non-hydrogen) atoms. The average Bonchev–Trinajstić information content (AvgIpc) is 3.12. The minimum atomic E-state index is 0.421. The second kappa shape index (κ2) is 4.18. The first-order valence-corrected chi connectivity index (χ1v) is 6.75. The molecule has 2 aliphatic rings. The number of hydrogen-bond acceptors (Lipinski definition) is 5. The van der Waals surface area contributed by atoms with Gasteiger partial charge in [-0.25, -0.2) is 9.97 Å². The van der Waals surface area contributed by atoms with Gasteiger partial charge in [0.25, 0.3) is 0 Å². The second-order valence-corrected chi connectivity index (χ2v) is 5.48. The lowest BCUT2D eigenvalue weighted by molar-refractivity contribution is 0.177. The number of aryl methyl sites for hydroxylation is 1. The normalized spacial score (nSPS) is 25.1. The summed E-state index contributed by atoms with van der Waals surface area (Å²) in [6.07, 6.45) is 7.29. The number of nitrogens with zero attached hydrogens (tertiary/aromatic N) is 5. The zero-order valence-electron chi connectivity index (χ0n) is 11.3. The highest BCUT2D eigenvalue weighted by Gasteiger charge is 2.38. The van der Waals surface area contributed by atoms with Crippen LogP contribution in [0.1, 0.15) is 5.82 Å². The van der Waals surface area contributed by atoms with E-state index in [1.807, 2.05) is 13.2 Å². The fourth-order valence-corrected chi connectivity index (χ4v) is 3.17. The van der Waals surface area contributed by atoms with Gasteiger partial charge in [0, 0.05) is 32.0 Å². The highest BCUT2D eigenvalue weighted by atomic mass is 16.5. The molecule has 6 heteroatoms. The van der Waals surface area contributed by atoms with Crippen molar-refractivity contribution in [1.29, 1.82) is 0 Å². The Morgan fingerprint density at radius 1 is 1.30 bits per heavy atom. The minimum Gasteiger partial charge on any atom is -0.381 e. The van der Waals surface area contributed by atoms with E-state index < -0.39 is 0 Å². The van der Waals surface area contributed by atoms with Gasteiger partial charge < -0.3 is 9.64 Å². The number of anilines is 1. The van der Waals surface area contributed by atoms with Gasteiger partial charge >= 0.3 is 0 Å². The van der Waals surface area contributed by atoms with E-state index in [1.165, 1.54) is 0 Å². The molecule has 2 aromatic rings. The first-order chi connectivity index (χ1) is 9.76. The van der Waals surface area contributed by atoms with Gasteiger partial charge in [-0.15, -0.1) is 6.42 Å². The number of terminal acetylenes is 1. The summed E-state index contributed by atoms with van der Waals surface area (Å²) in [7, 11) is 1.87. The number of aromatic nitrogens is 4. The fourth-order valence-electron chi connectivity index (χ4n) is 3.17. The Bertz CT molecular complexity index is 704. The SMILES string of the molecule is C#Cc1nc(N2C[C@H]3COC[C@H]3C2)c2cnn(C)c2n1. The van der Waals surface area contributed by atoms with Crippen LogP contribution in [0.15, 0.2) is 6.20 Å². The summed E-state index contributed by atoms with van der Waals surface area (Å²) < 4.78 is 7.26. The monoisotopic (exact) mass is 269 g/mol. The number of hydrogen-bond donors (Lipinski definition) is 0. The lowest BCUT2D eigenvalue weighted by Gasteiger charge is -2.19. The van der Waals surface area contributed by atoms with Crippen LogP contribution in [-0.2, 0) is 11.8 Å². The van der Waals surface area contributed by atoms with Gasteiger partial charge in [0.2, 0.25) is 5.82 Å². The van der Waals surface area contributed by atoms with Crippen molar-refractivity contribution in [3.8, 4) is 12.3 Å². The predicted molar refractivity (Wildman–Crippen MR) is 74.3 cm³/mol. The molecule has 4 heterocycles. The smallest absolute Gasteiger partial charge is 0.208 e. The molecular weight excluding hydrogens is 254 g/mol. The van der Waals surface area contributed by atoms with E-state index in [4.69, 9.17) is 11.2 Å². The van der Waals surface area contributed by atoms with Gasteiger partial charge in [-0.2, -0.15) is 5.10 Å². The van der Waals surface area contributed by atoms with Crippen molar-refractivity contribution in [2.45, 2.75) is 0 Å². The third-order valence-electron chi connectivity index (χ3n) is 4.24. The van der Waals surface area contributed by atoms with Crippen LogP contribution in [0.25, 0.3) is 11.0 Å². The van der Waals surface area contributed by atoms with Gasteiger partial charge in [-0.1, -0.05) is 0 Å². The van der Waals surface area contributed by atoms with Crippen LogP contribution < -0.4 is 4.90 Å². The van der Waals surface area contributed by atoms with E-state index in [1.54, 1.807) is 4.68 Å². The second-order valence-electron chi connectivity index (χ2n) is 5.48. The molecular formula is C14H15N5O. The summed E-state index contributed by atoms with van der Waals surface area (Å²) in [5.74, 6) is 5.07. The first kappa shape index (κ1) is 11.7. The van der Waals surface area contributed by atoms with E-state index in [2.05, 4.69) is 25.9 Å². The largest absolute Gasteiger partial charge is 0.381 e. The van der Waals surface area contributed by atoms with Gasteiger partial charge in [0.15, 0.2) is 5.65 Å². The predicted octanol–water partition coefficient (Wildman–Crippen LogP) is 0.427. The standard InChI is InChI=1S/C14H15N5O/c1-3-12-16-13-11(4-15-18(13)2)14(17-12)19-5-9-7-20-8-10(9)6-19/h1,4,9-10H,5-8H2,2H3/t9-,10+. The van der Waals surface area contributed by atoms with Crippen molar-refractivity contribution >= 4 is 16.9 Å². The summed E-state index contributed by atoms with van der Waals surface area (Å²) in [5.41, 5.74) is 0.788. The van der Waals surface area contributed by atoms with Crippen molar-refractivity contribution in [1.82, 2.24) is 19.7 Å². The first-order valence-electron chi connectivity index (χ1n) is 6.75. The maximum atomic E-state index is 5.52. The molecule has 2 aromatic heterocycles. The average molecular weight is 269 g/mol. The molecule has 0 spiro atoms. The molecule has 2 fully saturated rings. The molecule has 4 rings (SSSR count). The molecule has 0 bridgehead atoms. The Hall–Kier alpha value is -2.13. The van der Waals surface area contributed by atoms with E-state index in [0.29, 0.717) is 17.7 Å². The van der Waals surface area contributed by atoms with E-state index in [-0.39, 0.29) is 0 Å². The quantitative estimate of drug-likeness (QED) is 0.703. The van der Waals surface area contributed by atoms with Crippen molar-refractivity contribution in [2.75, 3.05) is 31.2 Å². The Morgan fingerprint density at radius 3 is 2.75 bits per heavy atom. The Kier molecular flexibility index (Phi) is 2.44. The van der Waals surface area contributed by atoms with E-state index in [9.17, 15) is 0 Å². The van der Waals surface area contributed by atoms with Crippen LogP contribution in [0.2, 0.25) is 0 Å². The van der Waals surface area contributed by atoms with Crippen molar-refractivity contribution < 1.29 is 4.74 Å². The Labute approximate surface area is 116 Å². The van der Waals surface area contributed by atoms with Crippen LogP contribution in [0.4, 0.5) is 5.82 Å². The Balaban J connectivity index is 1.81.